The van der Waals surface area contributed by atoms with E-state index in [1.165, 1.54) is 12.8 Å². The lowest BCUT2D eigenvalue weighted by Gasteiger charge is -2.36. The minimum absolute atomic E-state index is 0.00672. The monoisotopic (exact) mass is 242 g/mol. The van der Waals surface area contributed by atoms with E-state index in [4.69, 9.17) is 10.5 Å². The van der Waals surface area contributed by atoms with E-state index in [1.54, 1.807) is 0 Å². The Balaban J connectivity index is 2.72. The molecule has 0 spiro atoms. The molecule has 3 nitrogen and oxygen atoms in total. The Morgan fingerprint density at radius 3 is 2.29 bits per heavy atom. The van der Waals surface area contributed by atoms with Gasteiger partial charge in [0, 0.05) is 19.1 Å². The number of nitrogens with zero attached hydrogens (tertiary/aromatic N) is 1. The molecule has 1 atom stereocenters. The van der Waals surface area contributed by atoms with Crippen molar-refractivity contribution < 1.29 is 4.74 Å². The lowest BCUT2D eigenvalue weighted by atomic mass is 9.92. The van der Waals surface area contributed by atoms with Crippen molar-refractivity contribution in [3.8, 4) is 0 Å². The topological polar surface area (TPSA) is 38.5 Å². The Kier molecular flexibility index (Phi) is 4.99. The van der Waals surface area contributed by atoms with Gasteiger partial charge in [0.15, 0.2) is 0 Å². The largest absolute Gasteiger partial charge is 0.368 e. The lowest BCUT2D eigenvalue weighted by Crippen LogP contribution is -2.48. The number of hydrogen-bond acceptors (Lipinski definition) is 3. The second-order valence-electron chi connectivity index (χ2n) is 6.36. The molecule has 0 radical (unpaired) electrons. The Labute approximate surface area is 107 Å². The summed E-state index contributed by atoms with van der Waals surface area (Å²) in [7, 11) is 0. The van der Waals surface area contributed by atoms with Crippen molar-refractivity contribution in [2.24, 2.45) is 5.73 Å². The number of ether oxygens (including phenoxy) is 1. The van der Waals surface area contributed by atoms with Gasteiger partial charge in [0.2, 0.25) is 0 Å². The molecule has 0 aromatic heterocycles. The van der Waals surface area contributed by atoms with Crippen LogP contribution in [-0.4, -0.2) is 41.8 Å². The van der Waals surface area contributed by atoms with Crippen molar-refractivity contribution >= 4 is 0 Å². The molecule has 1 aliphatic heterocycles. The molecule has 3 heteroatoms. The van der Waals surface area contributed by atoms with Gasteiger partial charge >= 0.3 is 0 Å². The fourth-order valence-electron chi connectivity index (χ4n) is 3.05. The van der Waals surface area contributed by atoms with Gasteiger partial charge in [-0.2, -0.15) is 0 Å². The van der Waals surface area contributed by atoms with Gasteiger partial charge in [-0.15, -0.1) is 0 Å². The fraction of sp³-hybridized carbons (Fsp3) is 1.00. The Bertz CT molecular complexity index is 238. The normalized spacial score (nSPS) is 26.6. The zero-order chi connectivity index (χ0) is 13.1. The molecule has 0 amide bonds. The molecule has 1 saturated heterocycles. The third-order valence-electron chi connectivity index (χ3n) is 3.68. The van der Waals surface area contributed by atoms with Gasteiger partial charge in [-0.1, -0.05) is 13.3 Å². The Morgan fingerprint density at radius 1 is 1.24 bits per heavy atom. The maximum absolute atomic E-state index is 6.17. The van der Waals surface area contributed by atoms with Crippen LogP contribution in [0.5, 0.6) is 0 Å². The molecule has 0 bridgehead atoms. The molecule has 1 rings (SSSR count). The lowest BCUT2D eigenvalue weighted by molar-refractivity contribution is -0.0804. The van der Waals surface area contributed by atoms with Crippen molar-refractivity contribution in [3.63, 3.8) is 0 Å². The van der Waals surface area contributed by atoms with E-state index in [-0.39, 0.29) is 11.2 Å². The molecule has 1 aliphatic rings. The van der Waals surface area contributed by atoms with Crippen molar-refractivity contribution in [1.82, 2.24) is 4.90 Å². The van der Waals surface area contributed by atoms with Gasteiger partial charge in [-0.05, 0) is 47.1 Å². The Hall–Kier alpha value is -0.120. The molecule has 1 heterocycles. The highest BCUT2D eigenvalue weighted by Gasteiger charge is 2.47. The minimum atomic E-state index is -0.0631. The first-order chi connectivity index (χ1) is 7.82. The molecule has 0 aromatic rings. The van der Waals surface area contributed by atoms with E-state index < -0.39 is 0 Å². The van der Waals surface area contributed by atoms with Crippen LogP contribution in [0.4, 0.5) is 0 Å². The van der Waals surface area contributed by atoms with Gasteiger partial charge in [-0.25, -0.2) is 0 Å². The van der Waals surface area contributed by atoms with Crippen LogP contribution in [0.3, 0.4) is 0 Å². The summed E-state index contributed by atoms with van der Waals surface area (Å²) in [6.07, 6.45) is 3.58. The predicted molar refractivity (Wildman–Crippen MR) is 73.2 cm³/mol. The zero-order valence-corrected chi connectivity index (χ0v) is 12.3. The van der Waals surface area contributed by atoms with Gasteiger partial charge in [0.25, 0.3) is 0 Å². The standard InChI is InChI=1S/C14H30N2O/c1-6-7-9-16(10-8-15)12-11-13(2,3)17-14(12,4)5/h12H,6-11,15H2,1-5H3. The van der Waals surface area contributed by atoms with Crippen molar-refractivity contribution in [3.05, 3.63) is 0 Å². The first kappa shape index (κ1) is 14.9. The molecule has 102 valence electrons. The molecular formula is C14H30N2O. The summed E-state index contributed by atoms with van der Waals surface area (Å²) in [5.41, 5.74) is 5.67. The average Bonchev–Trinajstić information content (AvgIpc) is 2.41. The van der Waals surface area contributed by atoms with Crippen molar-refractivity contribution in [2.45, 2.75) is 71.1 Å². The molecular weight excluding hydrogens is 212 g/mol. The summed E-state index contributed by atoms with van der Waals surface area (Å²) in [5.74, 6) is 0. The van der Waals surface area contributed by atoms with E-state index in [2.05, 4.69) is 39.5 Å². The van der Waals surface area contributed by atoms with Crippen molar-refractivity contribution in [2.75, 3.05) is 19.6 Å². The zero-order valence-electron chi connectivity index (χ0n) is 12.3. The predicted octanol–water partition coefficient (Wildman–Crippen LogP) is 2.39. The Morgan fingerprint density at radius 2 is 1.88 bits per heavy atom. The van der Waals surface area contributed by atoms with Crippen LogP contribution < -0.4 is 5.73 Å². The summed E-state index contributed by atoms with van der Waals surface area (Å²) in [6, 6.07) is 0.493. The fourth-order valence-corrected chi connectivity index (χ4v) is 3.05. The van der Waals surface area contributed by atoms with Crippen LogP contribution in [0.15, 0.2) is 0 Å². The van der Waals surface area contributed by atoms with E-state index in [0.717, 1.165) is 26.1 Å². The van der Waals surface area contributed by atoms with Gasteiger partial charge in [-0.3, -0.25) is 4.90 Å². The highest BCUT2D eigenvalue weighted by Crippen LogP contribution is 2.40. The van der Waals surface area contributed by atoms with Gasteiger partial charge < -0.3 is 10.5 Å². The second kappa shape index (κ2) is 5.68. The number of unbranched alkanes of at least 4 members (excludes halogenated alkanes) is 1. The van der Waals surface area contributed by atoms with E-state index in [9.17, 15) is 0 Å². The van der Waals surface area contributed by atoms with Gasteiger partial charge in [0.05, 0.1) is 11.2 Å². The van der Waals surface area contributed by atoms with Crippen LogP contribution in [0.25, 0.3) is 0 Å². The molecule has 1 unspecified atom stereocenters. The van der Waals surface area contributed by atoms with E-state index in [0.29, 0.717) is 6.04 Å². The third-order valence-corrected chi connectivity index (χ3v) is 3.68. The second-order valence-corrected chi connectivity index (χ2v) is 6.36. The maximum atomic E-state index is 6.17. The molecule has 0 aromatic carbocycles. The number of rotatable bonds is 6. The number of nitrogens with two attached hydrogens (primary N) is 1. The molecule has 17 heavy (non-hydrogen) atoms. The maximum Gasteiger partial charge on any atom is 0.0789 e. The summed E-state index contributed by atoms with van der Waals surface area (Å²) in [5, 5.41) is 0. The van der Waals surface area contributed by atoms with E-state index in [1.807, 2.05) is 0 Å². The first-order valence-corrected chi connectivity index (χ1v) is 6.96. The van der Waals surface area contributed by atoms with E-state index >= 15 is 0 Å². The molecule has 1 fully saturated rings. The van der Waals surface area contributed by atoms with Crippen molar-refractivity contribution in [1.29, 1.82) is 0 Å². The third kappa shape index (κ3) is 3.94. The van der Waals surface area contributed by atoms with Gasteiger partial charge in [0.1, 0.15) is 0 Å². The minimum Gasteiger partial charge on any atom is -0.368 e. The number of hydrogen-bond donors (Lipinski definition) is 1. The van der Waals surface area contributed by atoms with Crippen LogP contribution in [0, 0.1) is 0 Å². The van der Waals surface area contributed by atoms with Crippen LogP contribution in [0.1, 0.15) is 53.9 Å². The summed E-state index contributed by atoms with van der Waals surface area (Å²) >= 11 is 0. The quantitative estimate of drug-likeness (QED) is 0.777. The SMILES string of the molecule is CCCCN(CCN)C1CC(C)(C)OC1(C)C. The molecule has 2 N–H and O–H groups in total. The molecule has 0 saturated carbocycles. The smallest absolute Gasteiger partial charge is 0.0789 e. The highest BCUT2D eigenvalue weighted by molar-refractivity contribution is 5.00. The van der Waals surface area contributed by atoms with Crippen LogP contribution >= 0.6 is 0 Å². The average molecular weight is 242 g/mol. The summed E-state index contributed by atoms with van der Waals surface area (Å²) < 4.78 is 6.17. The summed E-state index contributed by atoms with van der Waals surface area (Å²) in [4.78, 5) is 2.53. The molecule has 0 aliphatic carbocycles. The van der Waals surface area contributed by atoms with Crippen LogP contribution in [-0.2, 0) is 4.74 Å². The first-order valence-electron chi connectivity index (χ1n) is 6.96. The summed E-state index contributed by atoms with van der Waals surface area (Å²) in [6.45, 7) is 13.9. The van der Waals surface area contributed by atoms with Crippen LogP contribution in [0.2, 0.25) is 0 Å². The highest BCUT2D eigenvalue weighted by atomic mass is 16.5.